The average molecular weight is 586 g/mol. The summed E-state index contributed by atoms with van der Waals surface area (Å²) in [5.41, 5.74) is 4.32. The van der Waals surface area contributed by atoms with Gasteiger partial charge in [0.2, 0.25) is 21.9 Å². The Morgan fingerprint density at radius 2 is 1.79 bits per heavy atom. The zero-order chi connectivity index (χ0) is 26.9. The van der Waals surface area contributed by atoms with E-state index in [-0.39, 0.29) is 17.3 Å². The number of hydrogen-bond acceptors (Lipinski definition) is 8. The molecule has 5 aromatic rings. The van der Waals surface area contributed by atoms with Gasteiger partial charge in [-0.2, -0.15) is 4.98 Å². The van der Waals surface area contributed by atoms with Crippen LogP contribution in [0.1, 0.15) is 5.56 Å². The van der Waals surface area contributed by atoms with Gasteiger partial charge in [0.15, 0.2) is 0 Å². The SMILES string of the molecule is CN(c1ccc2c(c1)nc(NCc1ccc(Cl)cc1)n2C)c1ccnc(Nc2cccc(S(N)(=O)=O)c2)n1.Cl. The van der Waals surface area contributed by atoms with Gasteiger partial charge in [0.1, 0.15) is 5.82 Å². The van der Waals surface area contributed by atoms with Crippen molar-refractivity contribution in [3.8, 4) is 0 Å². The maximum atomic E-state index is 11.7. The first-order chi connectivity index (χ1) is 18.2. The van der Waals surface area contributed by atoms with Crippen LogP contribution in [0, 0.1) is 0 Å². The van der Waals surface area contributed by atoms with Gasteiger partial charge < -0.3 is 20.1 Å². The van der Waals surface area contributed by atoms with E-state index in [0.29, 0.717) is 29.0 Å². The molecular formula is C26H26Cl2N8O2S. The fourth-order valence-electron chi connectivity index (χ4n) is 3.95. The highest BCUT2D eigenvalue weighted by molar-refractivity contribution is 7.89. The van der Waals surface area contributed by atoms with Crippen molar-refractivity contribution in [2.45, 2.75) is 11.4 Å². The molecule has 3 aromatic carbocycles. The molecule has 0 radical (unpaired) electrons. The number of nitrogens with two attached hydrogens (primary N) is 1. The molecule has 0 spiro atoms. The van der Waals surface area contributed by atoms with E-state index in [1.165, 1.54) is 12.1 Å². The number of halogens is 2. The first-order valence-electron chi connectivity index (χ1n) is 11.6. The van der Waals surface area contributed by atoms with Crippen LogP contribution in [-0.2, 0) is 23.6 Å². The van der Waals surface area contributed by atoms with Gasteiger partial charge in [0.05, 0.1) is 15.9 Å². The van der Waals surface area contributed by atoms with Crippen molar-refractivity contribution < 1.29 is 8.42 Å². The van der Waals surface area contributed by atoms with Gasteiger partial charge in [0, 0.05) is 43.2 Å². The smallest absolute Gasteiger partial charge is 0.238 e. The largest absolute Gasteiger partial charge is 0.352 e. The first-order valence-corrected chi connectivity index (χ1v) is 13.5. The zero-order valence-electron chi connectivity index (χ0n) is 21.0. The molecule has 0 saturated heterocycles. The Bertz CT molecular complexity index is 1730. The van der Waals surface area contributed by atoms with Gasteiger partial charge in [0.25, 0.3) is 0 Å². The van der Waals surface area contributed by atoms with E-state index in [9.17, 15) is 8.42 Å². The van der Waals surface area contributed by atoms with Crippen LogP contribution >= 0.6 is 24.0 Å². The molecule has 10 nitrogen and oxygen atoms in total. The van der Waals surface area contributed by atoms with Gasteiger partial charge in [-0.1, -0.05) is 29.8 Å². The minimum atomic E-state index is -3.82. The van der Waals surface area contributed by atoms with E-state index in [1.54, 1.807) is 24.4 Å². The Hall–Kier alpha value is -3.90. The number of imidazole rings is 1. The molecule has 0 aliphatic heterocycles. The van der Waals surface area contributed by atoms with Gasteiger partial charge in [-0.15, -0.1) is 12.4 Å². The first kappa shape index (κ1) is 28.1. The molecule has 0 bridgehead atoms. The van der Waals surface area contributed by atoms with Crippen LogP contribution in [0.15, 0.2) is 83.9 Å². The third-order valence-electron chi connectivity index (χ3n) is 6.02. The number of rotatable bonds is 8. The van der Waals surface area contributed by atoms with E-state index in [0.717, 1.165) is 28.2 Å². The molecule has 0 unspecified atom stereocenters. The summed E-state index contributed by atoms with van der Waals surface area (Å²) in [5.74, 6) is 1.71. The summed E-state index contributed by atoms with van der Waals surface area (Å²) in [4.78, 5) is 15.5. The molecule has 0 aliphatic carbocycles. The molecule has 0 aliphatic rings. The van der Waals surface area contributed by atoms with E-state index in [2.05, 4.69) is 20.6 Å². The Kier molecular flexibility index (Phi) is 8.26. The molecule has 202 valence electrons. The summed E-state index contributed by atoms with van der Waals surface area (Å²) in [6.45, 7) is 0.623. The molecule has 2 aromatic heterocycles. The number of hydrogen-bond donors (Lipinski definition) is 3. The number of benzene rings is 3. The number of fused-ring (bicyclic) bond motifs is 1. The number of anilines is 5. The lowest BCUT2D eigenvalue weighted by molar-refractivity contribution is 0.598. The van der Waals surface area contributed by atoms with Crippen molar-refractivity contribution in [3.05, 3.63) is 89.6 Å². The van der Waals surface area contributed by atoms with Crippen molar-refractivity contribution in [1.29, 1.82) is 0 Å². The van der Waals surface area contributed by atoms with Crippen LogP contribution in [0.3, 0.4) is 0 Å². The molecule has 0 fully saturated rings. The lowest BCUT2D eigenvalue weighted by Crippen LogP contribution is -2.13. The van der Waals surface area contributed by atoms with Gasteiger partial charge in [-0.05, 0) is 60.2 Å². The Morgan fingerprint density at radius 1 is 1.03 bits per heavy atom. The van der Waals surface area contributed by atoms with E-state index in [1.807, 2.05) is 66.0 Å². The highest BCUT2D eigenvalue weighted by Gasteiger charge is 2.13. The molecule has 4 N–H and O–H groups in total. The van der Waals surface area contributed by atoms with E-state index in [4.69, 9.17) is 21.7 Å². The van der Waals surface area contributed by atoms with E-state index >= 15 is 0 Å². The average Bonchev–Trinajstić information content (AvgIpc) is 3.22. The number of nitrogens with zero attached hydrogens (tertiary/aromatic N) is 5. The summed E-state index contributed by atoms with van der Waals surface area (Å²) in [7, 11) is 0.0486. The highest BCUT2D eigenvalue weighted by Crippen LogP contribution is 2.28. The minimum absolute atomic E-state index is 0. The monoisotopic (exact) mass is 584 g/mol. The molecule has 0 amide bonds. The maximum absolute atomic E-state index is 11.7. The molecule has 39 heavy (non-hydrogen) atoms. The maximum Gasteiger partial charge on any atom is 0.238 e. The number of nitrogens with one attached hydrogen (secondary N) is 2. The predicted molar refractivity (Wildman–Crippen MR) is 158 cm³/mol. The molecule has 0 atom stereocenters. The second kappa shape index (κ2) is 11.5. The van der Waals surface area contributed by atoms with Crippen molar-refractivity contribution >= 4 is 74.2 Å². The quantitative estimate of drug-likeness (QED) is 0.226. The summed E-state index contributed by atoms with van der Waals surface area (Å²) < 4.78 is 25.3. The second-order valence-electron chi connectivity index (χ2n) is 8.64. The summed E-state index contributed by atoms with van der Waals surface area (Å²) >= 11 is 5.98. The van der Waals surface area contributed by atoms with Gasteiger partial charge >= 0.3 is 0 Å². The minimum Gasteiger partial charge on any atom is -0.352 e. The van der Waals surface area contributed by atoms with Crippen molar-refractivity contribution in [2.24, 2.45) is 12.2 Å². The van der Waals surface area contributed by atoms with Crippen molar-refractivity contribution in [3.63, 3.8) is 0 Å². The fraction of sp³-hybridized carbons (Fsp3) is 0.115. The van der Waals surface area contributed by atoms with Crippen molar-refractivity contribution in [1.82, 2.24) is 19.5 Å². The van der Waals surface area contributed by atoms with Crippen LogP contribution in [0.4, 0.5) is 29.1 Å². The lowest BCUT2D eigenvalue weighted by Gasteiger charge is -2.19. The molecule has 2 heterocycles. The molecule has 5 rings (SSSR count). The number of aryl methyl sites for hydroxylation is 1. The third kappa shape index (κ3) is 6.40. The number of aromatic nitrogens is 4. The standard InChI is InChI=1S/C26H25ClN8O2S.ClH/c1-34(24-12-13-29-25(33-24)31-19-4-3-5-21(14-19)38(28,36)37)20-10-11-23-22(15-20)32-26(35(23)2)30-16-17-6-8-18(27)9-7-17;/h3-15H,16H2,1-2H3,(H,30,32)(H2,28,36,37)(H,29,31,33);1H. The Labute approximate surface area is 237 Å². The third-order valence-corrected chi connectivity index (χ3v) is 7.18. The molecule has 13 heteroatoms. The Balaban J connectivity index is 0.00000353. The summed E-state index contributed by atoms with van der Waals surface area (Å²) in [6.07, 6.45) is 1.63. The second-order valence-corrected chi connectivity index (χ2v) is 10.6. The predicted octanol–water partition coefficient (Wildman–Crippen LogP) is 5.21. The number of primary sulfonamides is 1. The normalized spacial score (nSPS) is 11.2. The van der Waals surface area contributed by atoms with Crippen LogP contribution in [0.25, 0.3) is 11.0 Å². The summed E-state index contributed by atoms with van der Waals surface area (Å²) in [6, 6.07) is 21.6. The Morgan fingerprint density at radius 3 is 2.54 bits per heavy atom. The highest BCUT2D eigenvalue weighted by atomic mass is 35.5. The van der Waals surface area contributed by atoms with E-state index < -0.39 is 10.0 Å². The molecular weight excluding hydrogens is 559 g/mol. The van der Waals surface area contributed by atoms with Crippen LogP contribution in [0.5, 0.6) is 0 Å². The van der Waals surface area contributed by atoms with Crippen LogP contribution < -0.4 is 20.7 Å². The fourth-order valence-corrected chi connectivity index (χ4v) is 4.63. The van der Waals surface area contributed by atoms with Crippen LogP contribution in [-0.4, -0.2) is 35.0 Å². The zero-order valence-corrected chi connectivity index (χ0v) is 23.4. The van der Waals surface area contributed by atoms with Crippen LogP contribution in [0.2, 0.25) is 5.02 Å². The number of sulfonamides is 1. The lowest BCUT2D eigenvalue weighted by atomic mass is 10.2. The molecule has 0 saturated carbocycles. The summed E-state index contributed by atoms with van der Waals surface area (Å²) in [5, 5.41) is 12.4. The van der Waals surface area contributed by atoms with Crippen molar-refractivity contribution in [2.75, 3.05) is 22.6 Å². The topological polar surface area (TPSA) is 131 Å². The van der Waals surface area contributed by atoms with Gasteiger partial charge in [-0.25, -0.2) is 23.5 Å². The van der Waals surface area contributed by atoms with Gasteiger partial charge in [-0.3, -0.25) is 0 Å².